The van der Waals surface area contributed by atoms with Gasteiger partial charge in [-0.1, -0.05) is 0 Å². The Morgan fingerprint density at radius 2 is 1.91 bits per heavy atom. The van der Waals surface area contributed by atoms with E-state index in [2.05, 4.69) is 4.52 Å². The fourth-order valence-corrected chi connectivity index (χ4v) is 2.22. The van der Waals surface area contributed by atoms with Gasteiger partial charge in [-0.3, -0.25) is 14.3 Å². The van der Waals surface area contributed by atoms with Gasteiger partial charge in [-0.15, -0.1) is 0 Å². The van der Waals surface area contributed by atoms with Gasteiger partial charge in [0, 0.05) is 12.3 Å². The topological polar surface area (TPSA) is 177 Å². The van der Waals surface area contributed by atoms with E-state index in [0.717, 1.165) is 16.8 Å². The fraction of sp³-hybridized carbons (Fsp3) is 0.556. The summed E-state index contributed by atoms with van der Waals surface area (Å²) < 4.78 is 20.3. The fourth-order valence-electron chi connectivity index (χ4n) is 1.89. The van der Waals surface area contributed by atoms with Gasteiger partial charge in [0.05, 0.1) is 14.4 Å². The van der Waals surface area contributed by atoms with Crippen molar-refractivity contribution in [2.45, 2.75) is 24.5 Å². The Hall–Kier alpha value is -0.135. The maximum absolute atomic E-state index is 11.6. The van der Waals surface area contributed by atoms with E-state index in [1.54, 1.807) is 0 Å². The van der Waals surface area contributed by atoms with Crippen LogP contribution in [0.4, 0.5) is 0 Å². The number of aliphatic hydroxyl groups excluding tert-OH is 2. The zero-order valence-electron chi connectivity index (χ0n) is 12.3. The van der Waals surface area contributed by atoms with Crippen molar-refractivity contribution in [3.05, 3.63) is 33.1 Å². The first-order valence-corrected chi connectivity index (χ1v) is 7.15. The average molecular weight is 338 g/mol. The molecule has 11 nitrogen and oxygen atoms in total. The number of phosphoric acid groups is 1. The number of hydrogen-bond donors (Lipinski definition) is 3. The van der Waals surface area contributed by atoms with Crippen molar-refractivity contribution >= 4 is 7.82 Å². The number of aromatic amines is 1. The molecular formula is C9H11Li2N2O9P. The number of aromatic nitrogens is 2. The second kappa shape index (κ2) is 8.81. The Labute approximate surface area is 153 Å². The molecule has 1 fully saturated rings. The molecule has 2 rings (SSSR count). The summed E-state index contributed by atoms with van der Waals surface area (Å²) in [6.45, 7) is -0.808. The summed E-state index contributed by atoms with van der Waals surface area (Å²) in [7, 11) is -5.26. The third kappa shape index (κ3) is 5.71. The Morgan fingerprint density at radius 3 is 2.43 bits per heavy atom. The minimum absolute atomic E-state index is 0. The van der Waals surface area contributed by atoms with Crippen LogP contribution in [0.3, 0.4) is 0 Å². The van der Waals surface area contributed by atoms with Crippen LogP contribution in [-0.2, 0) is 13.8 Å². The Kier molecular flexibility index (Phi) is 8.76. The van der Waals surface area contributed by atoms with Crippen LogP contribution in [0, 0.1) is 0 Å². The van der Waals surface area contributed by atoms with Gasteiger partial charge in [-0.05, 0) is 0 Å². The van der Waals surface area contributed by atoms with E-state index in [1.807, 2.05) is 4.98 Å². The van der Waals surface area contributed by atoms with Crippen LogP contribution in [0.1, 0.15) is 6.23 Å². The van der Waals surface area contributed by atoms with E-state index in [0.29, 0.717) is 0 Å². The smallest absolute Gasteiger partial charge is 0.790 e. The minimum atomic E-state index is -5.26. The molecule has 118 valence electrons. The molecule has 23 heavy (non-hydrogen) atoms. The second-order valence-corrected chi connectivity index (χ2v) is 5.46. The Bertz CT molecular complexity index is 673. The molecule has 0 radical (unpaired) electrons. The molecule has 14 heteroatoms. The minimum Gasteiger partial charge on any atom is -0.790 e. The van der Waals surface area contributed by atoms with Gasteiger partial charge in [0.2, 0.25) is 0 Å². The number of H-pyrrole nitrogens is 1. The van der Waals surface area contributed by atoms with Crippen molar-refractivity contribution < 1.29 is 71.5 Å². The normalized spacial score (nSPS) is 27.1. The Balaban J connectivity index is 0.00000242. The van der Waals surface area contributed by atoms with Crippen LogP contribution < -0.4 is 58.8 Å². The molecule has 1 aliphatic rings. The van der Waals surface area contributed by atoms with Gasteiger partial charge in [0.15, 0.2) is 6.23 Å². The monoisotopic (exact) mass is 338 g/mol. The van der Waals surface area contributed by atoms with Gasteiger partial charge in [-0.25, -0.2) is 4.79 Å². The molecule has 1 saturated heterocycles. The van der Waals surface area contributed by atoms with Crippen LogP contribution in [0.5, 0.6) is 0 Å². The van der Waals surface area contributed by atoms with Crippen LogP contribution in [-0.4, -0.2) is 44.7 Å². The zero-order chi connectivity index (χ0) is 15.8. The number of nitrogens with one attached hydrogen (secondary N) is 1. The predicted octanol–water partition coefficient (Wildman–Crippen LogP) is -9.99. The van der Waals surface area contributed by atoms with Gasteiger partial charge < -0.3 is 33.8 Å². The van der Waals surface area contributed by atoms with E-state index in [-0.39, 0.29) is 37.7 Å². The summed E-state index contributed by atoms with van der Waals surface area (Å²) in [4.78, 5) is 45.2. The summed E-state index contributed by atoms with van der Waals surface area (Å²) >= 11 is 0. The van der Waals surface area contributed by atoms with Gasteiger partial charge in [0.1, 0.15) is 18.3 Å². The molecule has 3 N–H and O–H groups in total. The molecule has 1 aromatic heterocycles. The molecule has 0 amide bonds. The van der Waals surface area contributed by atoms with Crippen molar-refractivity contribution in [2.24, 2.45) is 0 Å². The van der Waals surface area contributed by atoms with E-state index in [4.69, 9.17) is 4.74 Å². The molecule has 1 aliphatic heterocycles. The largest absolute Gasteiger partial charge is 1.00 e. The molecular weight excluding hydrogens is 327 g/mol. The number of ether oxygens (including phenoxy) is 1. The molecule has 1 unspecified atom stereocenters. The van der Waals surface area contributed by atoms with Crippen molar-refractivity contribution in [3.8, 4) is 0 Å². The SMILES string of the molecule is O=c1cc[15n]([C@@H]2O[C@H](COP(=O)([O-])[O-])[C@H](O)C2O)c(=O)[15nH]1.[Li+].[Li+]. The number of hydrogen-bond acceptors (Lipinski definition) is 9. The van der Waals surface area contributed by atoms with Crippen LogP contribution in [0.15, 0.2) is 21.9 Å². The first-order valence-electron chi connectivity index (χ1n) is 5.69. The third-order valence-electron chi connectivity index (χ3n) is 2.86. The summed E-state index contributed by atoms with van der Waals surface area (Å²) in [6.07, 6.45) is -4.83. The number of aliphatic hydroxyl groups is 2. The molecule has 0 aliphatic carbocycles. The third-order valence-corrected chi connectivity index (χ3v) is 3.32. The number of nitrogens with zero attached hydrogens (tertiary/aromatic N) is 1. The second-order valence-electron chi connectivity index (χ2n) is 4.31. The summed E-state index contributed by atoms with van der Waals surface area (Å²) in [6, 6.07) is 0.997. The van der Waals surface area contributed by atoms with Gasteiger partial charge in [0.25, 0.3) is 5.56 Å². The first kappa shape index (κ1) is 22.9. The standard InChI is InChI=1S/C9H13N2O9P.2Li/c12-5-1-2-11(9(15)10-5)8-7(14)6(13)4(20-8)3-19-21(16,17)18;;/h1-2,4,6-8,13-14H,3H2,(H,10,12,15)(H2,16,17,18);;/q;2*+1/p-2/t4-,6+,7?,8-;;/m1../s1/i10+1,11+1;;. The maximum atomic E-state index is 11.6. The summed E-state index contributed by atoms with van der Waals surface area (Å²) in [5.74, 6) is 0. The number of rotatable bonds is 4. The quantitative estimate of drug-likeness (QED) is 0.355. The maximum Gasteiger partial charge on any atom is 1.00 e. The number of phosphoric ester groups is 1. The van der Waals surface area contributed by atoms with Crippen molar-refractivity contribution in [1.29, 1.82) is 0 Å². The molecule has 1 aromatic rings. The summed E-state index contributed by atoms with van der Waals surface area (Å²) in [5, 5.41) is 19.5. The van der Waals surface area contributed by atoms with Crippen LogP contribution in [0.2, 0.25) is 0 Å². The van der Waals surface area contributed by atoms with E-state index in [1.165, 1.54) is 0 Å². The summed E-state index contributed by atoms with van der Waals surface area (Å²) in [5.41, 5.74) is -1.55. The van der Waals surface area contributed by atoms with E-state index in [9.17, 15) is 34.2 Å². The average Bonchev–Trinajstić information content (AvgIpc) is 2.64. The molecule has 2 heterocycles. The molecule has 0 spiro atoms. The van der Waals surface area contributed by atoms with Gasteiger partial charge >= 0.3 is 43.4 Å². The van der Waals surface area contributed by atoms with Crippen molar-refractivity contribution in [3.63, 3.8) is 0 Å². The van der Waals surface area contributed by atoms with Crippen molar-refractivity contribution in [1.82, 2.24) is 9.55 Å². The molecule has 0 aromatic carbocycles. The zero-order valence-corrected chi connectivity index (χ0v) is 13.2. The van der Waals surface area contributed by atoms with Crippen LogP contribution >= 0.6 is 7.82 Å². The molecule has 0 bridgehead atoms. The Morgan fingerprint density at radius 1 is 1.30 bits per heavy atom. The van der Waals surface area contributed by atoms with Crippen molar-refractivity contribution in [2.75, 3.05) is 6.61 Å². The first-order chi connectivity index (χ1) is 9.69. The molecule has 0 saturated carbocycles. The molecule has 4 atom stereocenters. The predicted molar refractivity (Wildman–Crippen MR) is 60.8 cm³/mol. The van der Waals surface area contributed by atoms with E-state index < -0.39 is 50.2 Å². The van der Waals surface area contributed by atoms with Crippen LogP contribution in [0.25, 0.3) is 0 Å². The van der Waals surface area contributed by atoms with E-state index >= 15 is 0 Å². The van der Waals surface area contributed by atoms with Gasteiger partial charge in [-0.2, -0.15) is 0 Å².